The molecule has 0 aromatic heterocycles. The van der Waals surface area contributed by atoms with Crippen molar-refractivity contribution in [3.05, 3.63) is 23.8 Å². The molecule has 0 aliphatic carbocycles. The minimum Gasteiger partial charge on any atom is -0.482 e. The smallest absolute Gasteiger partial charge is 0.265 e. The van der Waals surface area contributed by atoms with E-state index in [0.717, 1.165) is 22.3 Å². The van der Waals surface area contributed by atoms with Gasteiger partial charge in [0.25, 0.3) is 5.91 Å². The minimum absolute atomic E-state index is 0.0247. The Hall–Kier alpha value is -1.03. The van der Waals surface area contributed by atoms with Crippen LogP contribution in [0, 0.1) is 0 Å². The summed E-state index contributed by atoms with van der Waals surface area (Å²) in [6.07, 6.45) is 0. The second kappa shape index (κ2) is 4.23. The monoisotopic (exact) mass is 269 g/mol. The first-order valence-electron chi connectivity index (χ1n) is 4.88. The highest BCUT2D eigenvalue weighted by Gasteiger charge is 2.23. The number of fused-ring (bicyclic) bond motifs is 1. The molecule has 0 bridgehead atoms. The number of hydrogen-bond donors (Lipinski definition) is 0. The van der Waals surface area contributed by atoms with Gasteiger partial charge in [-0.15, -0.1) is 0 Å². The molecule has 1 amide bonds. The van der Waals surface area contributed by atoms with Crippen molar-refractivity contribution in [2.75, 3.05) is 18.1 Å². The molecule has 15 heavy (non-hydrogen) atoms. The highest BCUT2D eigenvalue weighted by molar-refractivity contribution is 9.08. The van der Waals surface area contributed by atoms with Crippen molar-refractivity contribution in [2.24, 2.45) is 0 Å². The number of carbonyl (C=O) groups excluding carboxylic acids is 1. The van der Waals surface area contributed by atoms with Crippen LogP contribution in [0.4, 0.5) is 5.69 Å². The fraction of sp³-hybridized carbons (Fsp3) is 0.364. The number of nitrogens with zero attached hydrogens (tertiary/aromatic N) is 1. The molecule has 0 saturated carbocycles. The second-order valence-electron chi connectivity index (χ2n) is 3.36. The molecule has 3 nitrogen and oxygen atoms in total. The maximum Gasteiger partial charge on any atom is 0.265 e. The molecule has 0 atom stereocenters. The molecule has 0 radical (unpaired) electrons. The van der Waals surface area contributed by atoms with Gasteiger partial charge < -0.3 is 9.64 Å². The van der Waals surface area contributed by atoms with Crippen LogP contribution in [0.2, 0.25) is 0 Å². The highest BCUT2D eigenvalue weighted by Crippen LogP contribution is 2.33. The van der Waals surface area contributed by atoms with E-state index >= 15 is 0 Å². The highest BCUT2D eigenvalue weighted by atomic mass is 79.9. The molecule has 0 spiro atoms. The number of rotatable bonds is 2. The van der Waals surface area contributed by atoms with Crippen LogP contribution in [-0.4, -0.2) is 19.1 Å². The maximum atomic E-state index is 11.6. The van der Waals surface area contributed by atoms with E-state index in [1.165, 1.54) is 0 Å². The van der Waals surface area contributed by atoms with Crippen LogP contribution in [0.25, 0.3) is 0 Å². The lowest BCUT2D eigenvalue weighted by molar-refractivity contribution is -0.121. The minimum atomic E-state index is 0.0247. The summed E-state index contributed by atoms with van der Waals surface area (Å²) in [6.45, 7) is 2.79. The van der Waals surface area contributed by atoms with Crippen molar-refractivity contribution in [3.63, 3.8) is 0 Å². The number of anilines is 1. The summed E-state index contributed by atoms with van der Waals surface area (Å²) in [7, 11) is 0. The first kappa shape index (κ1) is 10.5. The zero-order chi connectivity index (χ0) is 10.8. The van der Waals surface area contributed by atoms with Crippen molar-refractivity contribution in [1.29, 1.82) is 0 Å². The number of halogens is 1. The Morgan fingerprint density at radius 3 is 3.00 bits per heavy atom. The number of hydrogen-bond acceptors (Lipinski definition) is 2. The normalized spacial score (nSPS) is 14.8. The zero-order valence-corrected chi connectivity index (χ0v) is 10.1. The standard InChI is InChI=1S/C11H12BrNO2/c1-2-13-9-5-8(6-12)3-4-10(9)15-7-11(13)14/h3-5H,2,6-7H2,1H3. The lowest BCUT2D eigenvalue weighted by Crippen LogP contribution is -2.38. The number of amides is 1. The van der Waals surface area contributed by atoms with Crippen LogP contribution in [0.15, 0.2) is 18.2 Å². The summed E-state index contributed by atoms with van der Waals surface area (Å²) in [5, 5.41) is 0.784. The van der Waals surface area contributed by atoms with Gasteiger partial charge in [0.05, 0.1) is 5.69 Å². The Morgan fingerprint density at radius 2 is 2.33 bits per heavy atom. The third-order valence-electron chi connectivity index (χ3n) is 2.44. The Kier molecular flexibility index (Phi) is 2.95. The molecule has 1 aliphatic heterocycles. The van der Waals surface area contributed by atoms with Crippen molar-refractivity contribution in [3.8, 4) is 5.75 Å². The second-order valence-corrected chi connectivity index (χ2v) is 3.92. The van der Waals surface area contributed by atoms with Crippen LogP contribution in [0.5, 0.6) is 5.75 Å². The van der Waals surface area contributed by atoms with Crippen LogP contribution >= 0.6 is 15.9 Å². The first-order chi connectivity index (χ1) is 7.26. The van der Waals surface area contributed by atoms with Crippen LogP contribution in [0.1, 0.15) is 12.5 Å². The number of likely N-dealkylation sites (N-methyl/N-ethyl adjacent to an activating group) is 1. The number of ether oxygens (including phenoxy) is 1. The van der Waals surface area contributed by atoms with E-state index < -0.39 is 0 Å². The summed E-state index contributed by atoms with van der Waals surface area (Å²) in [4.78, 5) is 13.3. The van der Waals surface area contributed by atoms with E-state index in [4.69, 9.17) is 4.74 Å². The number of carbonyl (C=O) groups is 1. The largest absolute Gasteiger partial charge is 0.482 e. The molecule has 1 aromatic carbocycles. The summed E-state index contributed by atoms with van der Waals surface area (Å²) < 4.78 is 5.36. The third-order valence-corrected chi connectivity index (χ3v) is 3.08. The topological polar surface area (TPSA) is 29.5 Å². The Labute approximate surface area is 97.2 Å². The van der Waals surface area contributed by atoms with Gasteiger partial charge in [-0.25, -0.2) is 0 Å². The van der Waals surface area contributed by atoms with E-state index in [9.17, 15) is 4.79 Å². The lowest BCUT2D eigenvalue weighted by atomic mass is 10.1. The molecule has 2 rings (SSSR count). The molecular formula is C11H12BrNO2. The van der Waals surface area contributed by atoms with Gasteiger partial charge in [0, 0.05) is 11.9 Å². The quantitative estimate of drug-likeness (QED) is 0.772. The van der Waals surface area contributed by atoms with E-state index in [-0.39, 0.29) is 12.5 Å². The predicted octanol–water partition coefficient (Wildman–Crippen LogP) is 2.33. The molecule has 1 aromatic rings. The average molecular weight is 270 g/mol. The fourth-order valence-electron chi connectivity index (χ4n) is 1.68. The van der Waals surface area contributed by atoms with Crippen LogP contribution in [0.3, 0.4) is 0 Å². The Bertz CT molecular complexity index is 392. The average Bonchev–Trinajstić information content (AvgIpc) is 2.28. The Morgan fingerprint density at radius 1 is 1.53 bits per heavy atom. The van der Waals surface area contributed by atoms with Crippen LogP contribution in [-0.2, 0) is 10.1 Å². The van der Waals surface area contributed by atoms with Gasteiger partial charge in [-0.2, -0.15) is 0 Å². The van der Waals surface area contributed by atoms with Crippen LogP contribution < -0.4 is 9.64 Å². The fourth-order valence-corrected chi connectivity index (χ4v) is 2.03. The molecule has 0 N–H and O–H groups in total. The summed E-state index contributed by atoms with van der Waals surface area (Å²) in [6, 6.07) is 5.91. The molecular weight excluding hydrogens is 258 g/mol. The van der Waals surface area contributed by atoms with Crippen molar-refractivity contribution >= 4 is 27.5 Å². The van der Waals surface area contributed by atoms with Crippen molar-refractivity contribution in [2.45, 2.75) is 12.3 Å². The van der Waals surface area contributed by atoms with E-state index in [1.54, 1.807) is 4.90 Å². The van der Waals surface area contributed by atoms with Gasteiger partial charge in [-0.3, -0.25) is 4.79 Å². The third kappa shape index (κ3) is 1.86. The van der Waals surface area contributed by atoms with Crippen molar-refractivity contribution in [1.82, 2.24) is 0 Å². The van der Waals surface area contributed by atoms with E-state index in [1.807, 2.05) is 25.1 Å². The molecule has 0 fully saturated rings. The van der Waals surface area contributed by atoms with Gasteiger partial charge >= 0.3 is 0 Å². The molecule has 0 unspecified atom stereocenters. The molecule has 1 heterocycles. The Balaban J connectivity index is 2.45. The van der Waals surface area contributed by atoms with E-state index in [0.29, 0.717) is 6.54 Å². The first-order valence-corrected chi connectivity index (χ1v) is 6.00. The lowest BCUT2D eigenvalue weighted by Gasteiger charge is -2.28. The van der Waals surface area contributed by atoms with Gasteiger partial charge in [0.1, 0.15) is 5.75 Å². The molecule has 80 valence electrons. The maximum absolute atomic E-state index is 11.6. The van der Waals surface area contributed by atoms with E-state index in [2.05, 4.69) is 15.9 Å². The van der Waals surface area contributed by atoms with Crippen molar-refractivity contribution < 1.29 is 9.53 Å². The number of benzene rings is 1. The SMILES string of the molecule is CCN1C(=O)COc2ccc(CBr)cc21. The van der Waals surface area contributed by atoms with Gasteiger partial charge in [-0.1, -0.05) is 22.0 Å². The summed E-state index contributed by atoms with van der Waals surface area (Å²) in [5.41, 5.74) is 2.02. The molecule has 4 heteroatoms. The number of alkyl halides is 1. The summed E-state index contributed by atoms with van der Waals surface area (Å²) in [5.74, 6) is 0.817. The predicted molar refractivity (Wildman–Crippen MR) is 62.6 cm³/mol. The molecule has 0 saturated heterocycles. The summed E-state index contributed by atoms with van der Waals surface area (Å²) >= 11 is 3.40. The molecule has 1 aliphatic rings. The zero-order valence-electron chi connectivity index (χ0n) is 8.50. The van der Waals surface area contributed by atoms with Gasteiger partial charge in [-0.05, 0) is 24.6 Å². The van der Waals surface area contributed by atoms with Gasteiger partial charge in [0.15, 0.2) is 6.61 Å². The van der Waals surface area contributed by atoms with Gasteiger partial charge in [0.2, 0.25) is 0 Å².